The molecule has 2 unspecified atom stereocenters. The maximum atomic E-state index is 5.89. The van der Waals surface area contributed by atoms with E-state index in [9.17, 15) is 0 Å². The van der Waals surface area contributed by atoms with Gasteiger partial charge in [-0.25, -0.2) is 4.98 Å². The first kappa shape index (κ1) is 12.2. The Morgan fingerprint density at radius 3 is 2.47 bits per heavy atom. The van der Waals surface area contributed by atoms with Gasteiger partial charge in [0.15, 0.2) is 0 Å². The van der Waals surface area contributed by atoms with Crippen LogP contribution < -0.4 is 5.73 Å². The first-order valence-corrected chi connectivity index (χ1v) is 5.79. The summed E-state index contributed by atoms with van der Waals surface area (Å²) in [7, 11) is 0. The predicted molar refractivity (Wildman–Crippen MR) is 63.6 cm³/mol. The molecule has 0 aliphatic rings. The molecule has 1 heterocycles. The van der Waals surface area contributed by atoms with Crippen LogP contribution in [0.1, 0.15) is 58.3 Å². The van der Waals surface area contributed by atoms with Gasteiger partial charge in [-0.3, -0.25) is 0 Å². The van der Waals surface area contributed by atoms with Crippen molar-refractivity contribution in [3.8, 4) is 0 Å². The number of rotatable bonds is 5. The Bertz CT molecular complexity index is 289. The van der Waals surface area contributed by atoms with Crippen LogP contribution in [-0.2, 0) is 0 Å². The second-order valence-electron chi connectivity index (χ2n) is 4.83. The summed E-state index contributed by atoms with van der Waals surface area (Å²) in [6, 6.07) is 0.560. The number of nitrogens with two attached hydrogens (primary N) is 1. The van der Waals surface area contributed by atoms with E-state index in [0.29, 0.717) is 6.04 Å². The average Bonchev–Trinajstić information content (AvgIpc) is 2.62. The lowest BCUT2D eigenvalue weighted by molar-refractivity contribution is 0.426. The molecule has 1 aromatic rings. The van der Waals surface area contributed by atoms with Gasteiger partial charge in [0.2, 0.25) is 0 Å². The predicted octanol–water partition coefficient (Wildman–Crippen LogP) is 2.90. The molecule has 2 atom stereocenters. The third-order valence-corrected chi connectivity index (χ3v) is 2.80. The molecule has 0 radical (unpaired) electrons. The highest BCUT2D eigenvalue weighted by atomic mass is 15.1. The number of aromatic nitrogens is 2. The quantitative estimate of drug-likeness (QED) is 0.810. The first-order chi connectivity index (χ1) is 7.02. The van der Waals surface area contributed by atoms with Crippen LogP contribution in [0.5, 0.6) is 0 Å². The largest absolute Gasteiger partial charge is 0.330 e. The summed E-state index contributed by atoms with van der Waals surface area (Å²) in [5.74, 6) is 0.759. The monoisotopic (exact) mass is 209 g/mol. The minimum Gasteiger partial charge on any atom is -0.330 e. The Kier molecular flexibility index (Phi) is 4.33. The van der Waals surface area contributed by atoms with E-state index >= 15 is 0 Å². The maximum absolute atomic E-state index is 5.89. The summed E-state index contributed by atoms with van der Waals surface area (Å²) in [6.07, 6.45) is 6.20. The molecule has 86 valence electrons. The molecule has 0 aliphatic carbocycles. The summed E-state index contributed by atoms with van der Waals surface area (Å²) in [5, 5.41) is 0. The van der Waals surface area contributed by atoms with E-state index in [1.165, 1.54) is 12.8 Å². The second kappa shape index (κ2) is 5.31. The molecule has 0 aromatic carbocycles. The first-order valence-electron chi connectivity index (χ1n) is 5.79. The van der Waals surface area contributed by atoms with Crippen molar-refractivity contribution in [1.82, 2.24) is 9.55 Å². The fourth-order valence-corrected chi connectivity index (χ4v) is 1.75. The zero-order valence-corrected chi connectivity index (χ0v) is 10.3. The van der Waals surface area contributed by atoms with Crippen molar-refractivity contribution in [3.63, 3.8) is 0 Å². The van der Waals surface area contributed by atoms with Crippen LogP contribution in [0, 0.1) is 5.92 Å². The van der Waals surface area contributed by atoms with Crippen LogP contribution in [0.3, 0.4) is 0 Å². The van der Waals surface area contributed by atoms with E-state index < -0.39 is 0 Å². The van der Waals surface area contributed by atoms with E-state index in [1.807, 2.05) is 19.4 Å². The van der Waals surface area contributed by atoms with Gasteiger partial charge >= 0.3 is 0 Å². The van der Waals surface area contributed by atoms with E-state index in [0.717, 1.165) is 11.6 Å². The zero-order chi connectivity index (χ0) is 11.4. The van der Waals surface area contributed by atoms with E-state index in [-0.39, 0.29) is 6.04 Å². The minimum absolute atomic E-state index is 0.0639. The molecule has 15 heavy (non-hydrogen) atoms. The van der Waals surface area contributed by atoms with Crippen LogP contribution >= 0.6 is 0 Å². The molecule has 1 aromatic heterocycles. The Morgan fingerprint density at radius 2 is 1.93 bits per heavy atom. The molecular weight excluding hydrogens is 186 g/mol. The molecule has 0 fully saturated rings. The average molecular weight is 209 g/mol. The maximum Gasteiger partial charge on any atom is 0.0951 e. The van der Waals surface area contributed by atoms with Crippen molar-refractivity contribution >= 4 is 0 Å². The SMILES string of the molecule is CC(C)CCC(C)n1cncc1C(C)N. The Balaban J connectivity index is 2.64. The summed E-state index contributed by atoms with van der Waals surface area (Å²) < 4.78 is 2.20. The smallest absolute Gasteiger partial charge is 0.0951 e. The van der Waals surface area contributed by atoms with Crippen LogP contribution in [0.4, 0.5) is 0 Å². The molecule has 0 bridgehead atoms. The molecule has 3 nitrogen and oxygen atoms in total. The summed E-state index contributed by atoms with van der Waals surface area (Å²) in [6.45, 7) is 8.75. The van der Waals surface area contributed by atoms with Crippen LogP contribution in [0.25, 0.3) is 0 Å². The van der Waals surface area contributed by atoms with Gasteiger partial charge in [-0.15, -0.1) is 0 Å². The van der Waals surface area contributed by atoms with Crippen molar-refractivity contribution in [1.29, 1.82) is 0 Å². The van der Waals surface area contributed by atoms with E-state index in [1.54, 1.807) is 0 Å². The molecule has 0 saturated heterocycles. The molecule has 0 spiro atoms. The topological polar surface area (TPSA) is 43.8 Å². The van der Waals surface area contributed by atoms with Crippen molar-refractivity contribution in [2.45, 2.75) is 52.6 Å². The summed E-state index contributed by atoms with van der Waals surface area (Å²) in [4.78, 5) is 4.17. The van der Waals surface area contributed by atoms with Gasteiger partial charge in [0.1, 0.15) is 0 Å². The fourth-order valence-electron chi connectivity index (χ4n) is 1.75. The highest BCUT2D eigenvalue weighted by Gasteiger charge is 2.12. The Morgan fingerprint density at radius 1 is 1.27 bits per heavy atom. The Hall–Kier alpha value is -0.830. The normalized spacial score (nSPS) is 15.6. The number of nitrogens with zero attached hydrogens (tertiary/aromatic N) is 2. The fraction of sp³-hybridized carbons (Fsp3) is 0.750. The van der Waals surface area contributed by atoms with Crippen LogP contribution in [-0.4, -0.2) is 9.55 Å². The standard InChI is InChI=1S/C12H23N3/c1-9(2)5-6-10(3)15-8-14-7-12(15)11(4)13/h7-11H,5-6,13H2,1-4H3. The van der Waals surface area contributed by atoms with Gasteiger partial charge < -0.3 is 10.3 Å². The molecule has 0 aliphatic heterocycles. The second-order valence-corrected chi connectivity index (χ2v) is 4.83. The summed E-state index contributed by atoms with van der Waals surface area (Å²) in [5.41, 5.74) is 7.02. The lowest BCUT2D eigenvalue weighted by atomic mass is 10.0. The van der Waals surface area contributed by atoms with Crippen molar-refractivity contribution < 1.29 is 0 Å². The van der Waals surface area contributed by atoms with Crippen molar-refractivity contribution in [3.05, 3.63) is 18.2 Å². The number of imidazole rings is 1. The zero-order valence-electron chi connectivity index (χ0n) is 10.3. The van der Waals surface area contributed by atoms with Gasteiger partial charge in [-0.05, 0) is 32.6 Å². The lowest BCUT2D eigenvalue weighted by Crippen LogP contribution is -2.15. The van der Waals surface area contributed by atoms with Gasteiger partial charge in [0.25, 0.3) is 0 Å². The summed E-state index contributed by atoms with van der Waals surface area (Å²) >= 11 is 0. The Labute approximate surface area is 92.7 Å². The van der Waals surface area contributed by atoms with Gasteiger partial charge in [0, 0.05) is 18.3 Å². The molecule has 0 saturated carbocycles. The molecule has 3 heteroatoms. The molecule has 1 rings (SSSR count). The highest BCUT2D eigenvalue weighted by Crippen LogP contribution is 2.20. The van der Waals surface area contributed by atoms with Crippen molar-refractivity contribution in [2.24, 2.45) is 11.7 Å². The molecular formula is C12H23N3. The highest BCUT2D eigenvalue weighted by molar-refractivity contribution is 5.04. The van der Waals surface area contributed by atoms with Crippen LogP contribution in [0.2, 0.25) is 0 Å². The molecule has 0 amide bonds. The van der Waals surface area contributed by atoms with Gasteiger partial charge in [-0.2, -0.15) is 0 Å². The number of hydrogen-bond donors (Lipinski definition) is 1. The lowest BCUT2D eigenvalue weighted by Gasteiger charge is -2.19. The van der Waals surface area contributed by atoms with Gasteiger partial charge in [0.05, 0.1) is 12.0 Å². The van der Waals surface area contributed by atoms with Crippen molar-refractivity contribution in [2.75, 3.05) is 0 Å². The molecule has 2 N–H and O–H groups in total. The third kappa shape index (κ3) is 3.34. The van der Waals surface area contributed by atoms with E-state index in [4.69, 9.17) is 5.73 Å². The minimum atomic E-state index is 0.0639. The number of hydrogen-bond acceptors (Lipinski definition) is 2. The van der Waals surface area contributed by atoms with Crippen LogP contribution in [0.15, 0.2) is 12.5 Å². The van der Waals surface area contributed by atoms with Gasteiger partial charge in [-0.1, -0.05) is 13.8 Å². The third-order valence-electron chi connectivity index (χ3n) is 2.80. The van der Waals surface area contributed by atoms with E-state index in [2.05, 4.69) is 30.3 Å².